The summed E-state index contributed by atoms with van der Waals surface area (Å²) in [5.74, 6) is -5.72. The first-order valence-corrected chi connectivity index (χ1v) is 27.0. The van der Waals surface area contributed by atoms with E-state index in [9.17, 15) is 43.2 Å². The van der Waals surface area contributed by atoms with Gasteiger partial charge in [0, 0.05) is 32.4 Å². The molecule has 0 saturated heterocycles. The van der Waals surface area contributed by atoms with Gasteiger partial charge in [0.05, 0.1) is 32.4 Å². The minimum absolute atomic E-state index is 0.00342. The molecule has 5 amide bonds. The van der Waals surface area contributed by atoms with Crippen molar-refractivity contribution in [1.29, 1.82) is 0 Å². The summed E-state index contributed by atoms with van der Waals surface area (Å²) in [6, 6.07) is 30.9. The van der Waals surface area contributed by atoms with E-state index in [0.29, 0.717) is 36.9 Å². The second kappa shape index (κ2) is 39.3. The van der Waals surface area contributed by atoms with Crippen LogP contribution in [0.2, 0.25) is 0 Å². The van der Waals surface area contributed by atoms with Gasteiger partial charge in [-0.3, -0.25) is 33.6 Å². The minimum atomic E-state index is -1.48. The first-order valence-electron chi connectivity index (χ1n) is 27.0. The summed E-state index contributed by atoms with van der Waals surface area (Å²) >= 11 is 0. The zero-order valence-corrected chi connectivity index (χ0v) is 46.1. The van der Waals surface area contributed by atoms with E-state index in [4.69, 9.17) is 28.4 Å². The van der Waals surface area contributed by atoms with Gasteiger partial charge in [-0.1, -0.05) is 121 Å². The van der Waals surface area contributed by atoms with Gasteiger partial charge in [0.15, 0.2) is 0 Å². The van der Waals surface area contributed by atoms with Gasteiger partial charge in [-0.05, 0) is 74.9 Å². The van der Waals surface area contributed by atoms with E-state index in [0.717, 1.165) is 11.1 Å². The van der Waals surface area contributed by atoms with Gasteiger partial charge in [0.2, 0.25) is 29.5 Å². The molecule has 4 unspecified atom stereocenters. The fraction of sp³-hybridized carbons (Fsp3) is 0.441. The maximum atomic E-state index is 14.2. The van der Waals surface area contributed by atoms with E-state index in [1.807, 2.05) is 12.1 Å². The molecule has 0 radical (unpaired) electrons. The van der Waals surface area contributed by atoms with Gasteiger partial charge in [-0.2, -0.15) is 0 Å². The monoisotopic (exact) mass is 1120 g/mol. The number of carbonyl (C=O) groups is 9. The van der Waals surface area contributed by atoms with Gasteiger partial charge in [0.1, 0.15) is 51.2 Å². The van der Waals surface area contributed by atoms with Crippen LogP contribution in [0.4, 0.5) is 0 Å². The Labute approximate surface area is 472 Å². The fourth-order valence-electron chi connectivity index (χ4n) is 7.71. The molecule has 0 aliphatic rings. The van der Waals surface area contributed by atoms with Crippen LogP contribution in [0.1, 0.15) is 80.0 Å². The molecule has 0 bridgehead atoms. The molecule has 0 aliphatic carbocycles. The number of amides is 5. The lowest BCUT2D eigenvalue weighted by atomic mass is 10.1. The number of rotatable bonds is 40. The first-order chi connectivity index (χ1) is 39.3. The van der Waals surface area contributed by atoms with Crippen molar-refractivity contribution in [2.75, 3.05) is 60.2 Å². The summed E-state index contributed by atoms with van der Waals surface area (Å²) in [6.45, 7) is 0.221. The molecular weight excluding hydrogens is 1050 g/mol. The Kier molecular flexibility index (Phi) is 31.8. The Bertz CT molecular complexity index is 2530. The lowest BCUT2D eigenvalue weighted by Gasteiger charge is -2.23. The van der Waals surface area contributed by atoms with E-state index in [1.165, 1.54) is 0 Å². The Morgan fingerprint density at radius 3 is 1.36 bits per heavy atom. The third-order valence-electron chi connectivity index (χ3n) is 12.1. The molecule has 22 nitrogen and oxygen atoms in total. The highest BCUT2D eigenvalue weighted by Gasteiger charge is 2.30. The summed E-state index contributed by atoms with van der Waals surface area (Å²) in [5.41, 5.74) is 2.83. The number of benzene rings is 4. The summed E-state index contributed by atoms with van der Waals surface area (Å²) < 4.78 is 33.0. The van der Waals surface area contributed by atoms with Crippen LogP contribution in [0.3, 0.4) is 0 Å². The summed E-state index contributed by atoms with van der Waals surface area (Å²) in [7, 11) is 3.38. The SMILES string of the molecule is CNCC(=O)NCCCCC(NC)C(=O)NCCOCCOCC(=O)NC(CCC(=O)NC(CCC(=O)OCc1ccccc1)C(=O)OCc1ccccc1)C(=O)NC(CCC(=O)OCc1ccccc1)C(=O)OCc1ccccc1. The molecule has 4 atom stereocenters. The van der Waals surface area contributed by atoms with Crippen LogP contribution in [0, 0.1) is 0 Å². The van der Waals surface area contributed by atoms with E-state index in [1.54, 1.807) is 123 Å². The van der Waals surface area contributed by atoms with Crippen molar-refractivity contribution in [1.82, 2.24) is 37.2 Å². The molecule has 0 saturated carbocycles. The predicted octanol–water partition coefficient (Wildman–Crippen LogP) is 3.00. The standard InChI is InChI=1S/C59H77N7O15/c1-60-37-52(68)62-32-16-15-25-47(61-2)56(72)63-33-34-76-35-36-77-42-53(69)64-48(57(73)66-50(59(75)81-41-46-23-13-6-14-24-46)28-31-55(71)79-39-44-19-9-4-10-20-44)26-29-51(67)65-49(58(74)80-40-45-21-11-5-12-22-45)27-30-54(70)78-38-43-17-7-3-8-18-43/h3-14,17-24,47-50,60-61H,15-16,25-42H2,1-2H3,(H,62,68)(H,63,72)(H,64,69)(H,65,67)(H,66,73). The molecule has 0 heterocycles. The minimum Gasteiger partial charge on any atom is -0.461 e. The van der Waals surface area contributed by atoms with Crippen molar-refractivity contribution in [3.8, 4) is 0 Å². The molecule has 81 heavy (non-hydrogen) atoms. The van der Waals surface area contributed by atoms with Crippen molar-refractivity contribution >= 4 is 53.4 Å². The van der Waals surface area contributed by atoms with Crippen LogP contribution in [-0.2, 0) is 98.0 Å². The average Bonchev–Trinajstić information content (AvgIpc) is 3.49. The number of unbranched alkanes of at least 4 members (excludes halogenated alkanes) is 1. The van der Waals surface area contributed by atoms with E-state index >= 15 is 0 Å². The van der Waals surface area contributed by atoms with E-state index < -0.39 is 78.8 Å². The lowest BCUT2D eigenvalue weighted by Crippen LogP contribution is -2.53. The van der Waals surface area contributed by atoms with Crippen LogP contribution < -0.4 is 37.2 Å². The topological polar surface area (TPSA) is 293 Å². The quantitative estimate of drug-likeness (QED) is 0.0191. The molecule has 0 spiro atoms. The van der Waals surface area contributed by atoms with Crippen molar-refractivity contribution in [3.05, 3.63) is 144 Å². The highest BCUT2D eigenvalue weighted by atomic mass is 16.5. The maximum Gasteiger partial charge on any atom is 0.328 e. The number of hydrogen-bond donors (Lipinski definition) is 7. The normalized spacial score (nSPS) is 12.3. The van der Waals surface area contributed by atoms with Crippen molar-refractivity contribution < 1.29 is 71.6 Å². The Morgan fingerprint density at radius 1 is 0.407 bits per heavy atom. The average molecular weight is 1120 g/mol. The molecule has 438 valence electrons. The third-order valence-corrected chi connectivity index (χ3v) is 12.1. The number of carbonyl (C=O) groups excluding carboxylic acids is 9. The van der Waals surface area contributed by atoms with Crippen LogP contribution >= 0.6 is 0 Å². The first kappa shape index (κ1) is 65.5. The molecular formula is C59H77N7O15. The molecule has 0 aromatic heterocycles. The molecule has 4 rings (SSSR count). The molecule has 7 N–H and O–H groups in total. The van der Waals surface area contributed by atoms with E-state index in [2.05, 4.69) is 37.2 Å². The van der Waals surface area contributed by atoms with Crippen LogP contribution in [0.25, 0.3) is 0 Å². The highest BCUT2D eigenvalue weighted by molar-refractivity contribution is 5.92. The Hall–Kier alpha value is -8.05. The Morgan fingerprint density at radius 2 is 0.864 bits per heavy atom. The van der Waals surface area contributed by atoms with Crippen molar-refractivity contribution in [3.63, 3.8) is 0 Å². The number of likely N-dealkylation sites (N-methyl/N-ethyl adjacent to an activating group) is 2. The largest absolute Gasteiger partial charge is 0.461 e. The maximum absolute atomic E-state index is 14.2. The van der Waals surface area contributed by atoms with Crippen molar-refractivity contribution in [2.24, 2.45) is 0 Å². The summed E-state index contributed by atoms with van der Waals surface area (Å²) in [6.07, 6.45) is 0.157. The molecule has 4 aromatic carbocycles. The zero-order chi connectivity index (χ0) is 58.3. The predicted molar refractivity (Wildman–Crippen MR) is 297 cm³/mol. The molecule has 4 aromatic rings. The molecule has 22 heteroatoms. The molecule has 0 fully saturated rings. The Balaban J connectivity index is 1.38. The van der Waals surface area contributed by atoms with Gasteiger partial charge in [-0.15, -0.1) is 0 Å². The van der Waals surface area contributed by atoms with Crippen LogP contribution in [0.15, 0.2) is 121 Å². The smallest absolute Gasteiger partial charge is 0.328 e. The number of nitrogens with one attached hydrogen (secondary N) is 7. The van der Waals surface area contributed by atoms with Gasteiger partial charge in [-0.25, -0.2) is 9.59 Å². The van der Waals surface area contributed by atoms with Crippen molar-refractivity contribution in [2.45, 2.75) is 108 Å². The second-order valence-electron chi connectivity index (χ2n) is 18.6. The van der Waals surface area contributed by atoms with E-state index in [-0.39, 0.29) is 103 Å². The number of esters is 4. The summed E-state index contributed by atoms with van der Waals surface area (Å²) in [5, 5.41) is 19.1. The fourth-order valence-corrected chi connectivity index (χ4v) is 7.71. The van der Waals surface area contributed by atoms with Gasteiger partial charge < -0.3 is 65.6 Å². The lowest BCUT2D eigenvalue weighted by molar-refractivity contribution is -0.151. The second-order valence-corrected chi connectivity index (χ2v) is 18.6. The third kappa shape index (κ3) is 28.6. The van der Waals surface area contributed by atoms with Crippen LogP contribution in [-0.4, -0.2) is 138 Å². The van der Waals surface area contributed by atoms with Gasteiger partial charge >= 0.3 is 23.9 Å². The highest BCUT2D eigenvalue weighted by Crippen LogP contribution is 2.12. The summed E-state index contributed by atoms with van der Waals surface area (Å²) in [4.78, 5) is 119. The number of hydrogen-bond acceptors (Lipinski definition) is 17. The van der Waals surface area contributed by atoms with Crippen LogP contribution in [0.5, 0.6) is 0 Å². The number of ether oxygens (including phenoxy) is 6. The molecule has 0 aliphatic heterocycles. The van der Waals surface area contributed by atoms with Gasteiger partial charge in [0.25, 0.3) is 0 Å². The zero-order valence-electron chi connectivity index (χ0n) is 46.1.